The van der Waals surface area contributed by atoms with Gasteiger partial charge in [0.15, 0.2) is 5.58 Å². The van der Waals surface area contributed by atoms with E-state index in [9.17, 15) is 4.79 Å². The Hall–Kier alpha value is -1.64. The van der Waals surface area contributed by atoms with Gasteiger partial charge in [0.05, 0.1) is 12.1 Å². The zero-order chi connectivity index (χ0) is 10.8. The molecule has 0 fully saturated rings. The van der Waals surface area contributed by atoms with E-state index in [1.807, 2.05) is 38.1 Å². The molecule has 0 radical (unpaired) electrons. The van der Waals surface area contributed by atoms with E-state index in [1.165, 1.54) is 0 Å². The third kappa shape index (κ3) is 1.91. The van der Waals surface area contributed by atoms with E-state index in [4.69, 9.17) is 4.52 Å². The summed E-state index contributed by atoms with van der Waals surface area (Å²) in [6, 6.07) is 7.59. The Kier molecular flexibility index (Phi) is 2.54. The molecule has 0 spiro atoms. The highest BCUT2D eigenvalue weighted by atomic mass is 16.5. The van der Waals surface area contributed by atoms with Gasteiger partial charge in [0.1, 0.15) is 5.78 Å². The van der Waals surface area contributed by atoms with Crippen molar-refractivity contribution in [1.29, 1.82) is 0 Å². The van der Waals surface area contributed by atoms with Gasteiger partial charge < -0.3 is 4.52 Å². The molecule has 0 N–H and O–H groups in total. The van der Waals surface area contributed by atoms with Crippen molar-refractivity contribution in [3.63, 3.8) is 0 Å². The van der Waals surface area contributed by atoms with Crippen LogP contribution in [-0.4, -0.2) is 10.9 Å². The number of carbonyl (C=O) groups excluding carboxylic acids is 1. The second-order valence-electron chi connectivity index (χ2n) is 3.92. The molecule has 1 aromatic carbocycles. The predicted octanol–water partition coefficient (Wildman–Crippen LogP) is 2.60. The molecule has 0 saturated heterocycles. The van der Waals surface area contributed by atoms with E-state index in [0.29, 0.717) is 6.42 Å². The lowest BCUT2D eigenvalue weighted by Gasteiger charge is -2.00. The second kappa shape index (κ2) is 3.85. The van der Waals surface area contributed by atoms with Crippen molar-refractivity contribution in [2.75, 3.05) is 0 Å². The van der Waals surface area contributed by atoms with Crippen molar-refractivity contribution >= 4 is 16.8 Å². The van der Waals surface area contributed by atoms with Crippen LogP contribution in [0, 0.1) is 5.92 Å². The number of fused-ring (bicyclic) bond motifs is 1. The normalized spacial score (nSPS) is 11.1. The average Bonchev–Trinajstić information content (AvgIpc) is 2.62. The minimum absolute atomic E-state index is 0.0421. The highest BCUT2D eigenvalue weighted by Crippen LogP contribution is 2.18. The highest BCUT2D eigenvalue weighted by molar-refractivity contribution is 5.88. The second-order valence-corrected chi connectivity index (χ2v) is 3.92. The van der Waals surface area contributed by atoms with Crippen LogP contribution in [0.3, 0.4) is 0 Å². The van der Waals surface area contributed by atoms with Crippen molar-refractivity contribution in [3.8, 4) is 0 Å². The summed E-state index contributed by atoms with van der Waals surface area (Å²) in [6.45, 7) is 3.79. The number of Topliss-reactive ketones (excluding diaryl/α,β-unsaturated/α-hetero) is 1. The largest absolute Gasteiger partial charge is 0.356 e. The average molecular weight is 203 g/mol. The van der Waals surface area contributed by atoms with Crippen LogP contribution in [-0.2, 0) is 11.2 Å². The maximum atomic E-state index is 11.6. The Morgan fingerprint density at radius 1 is 1.40 bits per heavy atom. The van der Waals surface area contributed by atoms with Gasteiger partial charge in [-0.2, -0.15) is 0 Å². The smallest absolute Gasteiger partial charge is 0.167 e. The molecule has 2 aromatic rings. The Balaban J connectivity index is 2.33. The zero-order valence-electron chi connectivity index (χ0n) is 8.86. The molecule has 2 rings (SSSR count). The Labute approximate surface area is 88.1 Å². The molecule has 0 bridgehead atoms. The van der Waals surface area contributed by atoms with Crippen molar-refractivity contribution in [2.24, 2.45) is 5.92 Å². The Morgan fingerprint density at radius 2 is 2.13 bits per heavy atom. The lowest BCUT2D eigenvalue weighted by molar-refractivity contribution is -0.121. The summed E-state index contributed by atoms with van der Waals surface area (Å²) in [5.74, 6) is 0.231. The summed E-state index contributed by atoms with van der Waals surface area (Å²) in [4.78, 5) is 11.6. The first-order chi connectivity index (χ1) is 7.18. The molecule has 0 aliphatic heterocycles. The summed E-state index contributed by atoms with van der Waals surface area (Å²) < 4.78 is 5.13. The van der Waals surface area contributed by atoms with Crippen molar-refractivity contribution in [3.05, 3.63) is 30.0 Å². The lowest BCUT2D eigenvalue weighted by Crippen LogP contribution is -2.10. The molecule has 0 atom stereocenters. The molecule has 3 heteroatoms. The molecular formula is C12H13NO2. The van der Waals surface area contributed by atoms with E-state index < -0.39 is 0 Å². The molecule has 1 heterocycles. The van der Waals surface area contributed by atoms with Gasteiger partial charge in [-0.15, -0.1) is 0 Å². The van der Waals surface area contributed by atoms with Gasteiger partial charge in [-0.1, -0.05) is 31.1 Å². The minimum atomic E-state index is 0.0421. The predicted molar refractivity (Wildman–Crippen MR) is 57.6 cm³/mol. The molecule has 3 nitrogen and oxygen atoms in total. The maximum Gasteiger partial charge on any atom is 0.167 e. The van der Waals surface area contributed by atoms with Crippen LogP contribution in [0.1, 0.15) is 19.5 Å². The fraction of sp³-hybridized carbons (Fsp3) is 0.333. The van der Waals surface area contributed by atoms with E-state index in [0.717, 1.165) is 16.7 Å². The first kappa shape index (κ1) is 9.90. The van der Waals surface area contributed by atoms with Crippen LogP contribution >= 0.6 is 0 Å². The van der Waals surface area contributed by atoms with Gasteiger partial charge in [0.2, 0.25) is 0 Å². The highest BCUT2D eigenvalue weighted by Gasteiger charge is 2.13. The number of hydrogen-bond donors (Lipinski definition) is 0. The summed E-state index contributed by atoms with van der Waals surface area (Å²) in [5, 5.41) is 4.86. The summed E-state index contributed by atoms with van der Waals surface area (Å²) >= 11 is 0. The number of ketones is 1. The van der Waals surface area contributed by atoms with Gasteiger partial charge in [-0.05, 0) is 12.1 Å². The molecule has 0 amide bonds. The Morgan fingerprint density at radius 3 is 2.87 bits per heavy atom. The van der Waals surface area contributed by atoms with Crippen LogP contribution < -0.4 is 0 Å². The van der Waals surface area contributed by atoms with Gasteiger partial charge in [-0.3, -0.25) is 4.79 Å². The number of carbonyl (C=O) groups is 1. The first-order valence-electron chi connectivity index (χ1n) is 5.04. The molecule has 0 saturated carbocycles. The number of para-hydroxylation sites is 1. The van der Waals surface area contributed by atoms with E-state index in [2.05, 4.69) is 5.16 Å². The summed E-state index contributed by atoms with van der Waals surface area (Å²) in [5.41, 5.74) is 1.48. The van der Waals surface area contributed by atoms with E-state index >= 15 is 0 Å². The lowest BCUT2D eigenvalue weighted by atomic mass is 10.0. The summed E-state index contributed by atoms with van der Waals surface area (Å²) in [7, 11) is 0. The molecule has 15 heavy (non-hydrogen) atoms. The summed E-state index contributed by atoms with van der Waals surface area (Å²) in [6.07, 6.45) is 0.356. The standard InChI is InChI=1S/C12H13NO2/c1-8(2)11(14)7-10-9-5-3-4-6-12(9)15-13-10/h3-6,8H,7H2,1-2H3. The number of hydrogen-bond acceptors (Lipinski definition) is 3. The van der Waals surface area contributed by atoms with E-state index in [1.54, 1.807) is 0 Å². The number of rotatable bonds is 3. The maximum absolute atomic E-state index is 11.6. The van der Waals surface area contributed by atoms with Crippen molar-refractivity contribution in [2.45, 2.75) is 20.3 Å². The SMILES string of the molecule is CC(C)C(=O)Cc1noc2ccccc12. The molecular weight excluding hydrogens is 190 g/mol. The minimum Gasteiger partial charge on any atom is -0.356 e. The zero-order valence-corrected chi connectivity index (χ0v) is 8.86. The van der Waals surface area contributed by atoms with Crippen LogP contribution in [0.15, 0.2) is 28.8 Å². The van der Waals surface area contributed by atoms with Gasteiger partial charge in [-0.25, -0.2) is 0 Å². The first-order valence-corrected chi connectivity index (χ1v) is 5.04. The third-order valence-corrected chi connectivity index (χ3v) is 2.44. The van der Waals surface area contributed by atoms with Crippen molar-refractivity contribution < 1.29 is 9.32 Å². The van der Waals surface area contributed by atoms with Gasteiger partial charge in [0, 0.05) is 11.3 Å². The number of benzene rings is 1. The molecule has 78 valence electrons. The van der Waals surface area contributed by atoms with Crippen LogP contribution in [0.5, 0.6) is 0 Å². The third-order valence-electron chi connectivity index (χ3n) is 2.44. The van der Waals surface area contributed by atoms with Crippen LogP contribution in [0.4, 0.5) is 0 Å². The quantitative estimate of drug-likeness (QED) is 0.770. The fourth-order valence-electron chi connectivity index (χ4n) is 1.43. The van der Waals surface area contributed by atoms with Gasteiger partial charge in [0.25, 0.3) is 0 Å². The monoisotopic (exact) mass is 203 g/mol. The molecule has 1 aromatic heterocycles. The Bertz CT molecular complexity index is 485. The topological polar surface area (TPSA) is 43.1 Å². The van der Waals surface area contributed by atoms with Crippen molar-refractivity contribution in [1.82, 2.24) is 5.16 Å². The fourth-order valence-corrected chi connectivity index (χ4v) is 1.43. The van der Waals surface area contributed by atoms with Crippen LogP contribution in [0.2, 0.25) is 0 Å². The van der Waals surface area contributed by atoms with E-state index in [-0.39, 0.29) is 11.7 Å². The number of nitrogens with zero attached hydrogens (tertiary/aromatic N) is 1. The number of aromatic nitrogens is 1. The van der Waals surface area contributed by atoms with Gasteiger partial charge >= 0.3 is 0 Å². The van der Waals surface area contributed by atoms with Crippen LogP contribution in [0.25, 0.3) is 11.0 Å². The molecule has 0 aliphatic carbocycles. The molecule has 0 unspecified atom stereocenters. The molecule has 0 aliphatic rings.